The fourth-order valence-corrected chi connectivity index (χ4v) is 0.836. The third-order valence-electron chi connectivity index (χ3n) is 0.949. The van der Waals surface area contributed by atoms with Crippen molar-refractivity contribution in [3.05, 3.63) is 33.2 Å². The molecule has 11 heavy (non-hydrogen) atoms. The van der Waals surface area contributed by atoms with E-state index in [0.717, 1.165) is 0 Å². The molecule has 0 aliphatic carbocycles. The third kappa shape index (κ3) is 2.60. The van der Waals surface area contributed by atoms with E-state index in [1.54, 1.807) is 0 Å². The standard InChI is InChI=1S/C6H2F3I.H3P/c7-3-1-4(8)6(10)5(9)2-3;/h1-2H;1H3. The van der Waals surface area contributed by atoms with Crippen LogP contribution >= 0.6 is 32.5 Å². The zero-order valence-corrected chi connectivity index (χ0v) is 8.95. The Kier molecular flexibility index (Phi) is 4.32. The second-order valence-electron chi connectivity index (χ2n) is 1.68. The number of halogens is 4. The van der Waals surface area contributed by atoms with E-state index in [1.807, 2.05) is 0 Å². The zero-order chi connectivity index (χ0) is 7.72. The number of hydrogen-bond acceptors (Lipinski definition) is 0. The van der Waals surface area contributed by atoms with Crippen LogP contribution in [-0.4, -0.2) is 0 Å². The molecule has 62 valence electrons. The topological polar surface area (TPSA) is 0 Å². The molecule has 1 aromatic rings. The molecule has 1 aromatic carbocycles. The van der Waals surface area contributed by atoms with Gasteiger partial charge in [-0.2, -0.15) is 9.90 Å². The Bertz CT molecular complexity index is 241. The highest BCUT2D eigenvalue weighted by atomic mass is 127. The molecule has 0 nitrogen and oxygen atoms in total. The van der Waals surface area contributed by atoms with Gasteiger partial charge in [0.1, 0.15) is 17.5 Å². The number of benzene rings is 1. The van der Waals surface area contributed by atoms with Crippen LogP contribution in [0.2, 0.25) is 0 Å². The molecule has 1 atom stereocenters. The zero-order valence-electron chi connectivity index (χ0n) is 5.37. The number of hydrogen-bond donors (Lipinski definition) is 0. The molecule has 0 saturated carbocycles. The van der Waals surface area contributed by atoms with Gasteiger partial charge in [0.05, 0.1) is 3.57 Å². The Labute approximate surface area is 78.9 Å². The molecule has 0 saturated heterocycles. The van der Waals surface area contributed by atoms with Gasteiger partial charge in [-0.15, -0.1) is 0 Å². The van der Waals surface area contributed by atoms with Gasteiger partial charge in [-0.3, -0.25) is 0 Å². The van der Waals surface area contributed by atoms with E-state index >= 15 is 0 Å². The monoisotopic (exact) mass is 292 g/mol. The van der Waals surface area contributed by atoms with Crippen LogP contribution in [0, 0.1) is 21.0 Å². The highest BCUT2D eigenvalue weighted by Gasteiger charge is 2.06. The SMILES string of the molecule is Fc1cc(F)c(I)c(F)c1.P. The number of rotatable bonds is 0. The van der Waals surface area contributed by atoms with Crippen molar-refractivity contribution >= 4 is 32.5 Å². The summed E-state index contributed by atoms with van der Waals surface area (Å²) in [6.07, 6.45) is 0. The molecule has 0 aliphatic rings. The van der Waals surface area contributed by atoms with E-state index in [1.165, 1.54) is 22.6 Å². The highest BCUT2D eigenvalue weighted by molar-refractivity contribution is 14.1. The van der Waals surface area contributed by atoms with E-state index in [9.17, 15) is 13.2 Å². The lowest BCUT2D eigenvalue weighted by atomic mass is 10.3. The summed E-state index contributed by atoms with van der Waals surface area (Å²) in [6, 6.07) is 1.29. The Morgan fingerprint density at radius 2 is 1.36 bits per heavy atom. The Hall–Kier alpha value is 0.170. The first-order valence-corrected chi connectivity index (χ1v) is 3.49. The van der Waals surface area contributed by atoms with E-state index in [0.29, 0.717) is 12.1 Å². The molecule has 0 radical (unpaired) electrons. The van der Waals surface area contributed by atoms with E-state index in [4.69, 9.17) is 0 Å². The molecule has 0 fully saturated rings. The summed E-state index contributed by atoms with van der Waals surface area (Å²) in [7, 11) is 0. The van der Waals surface area contributed by atoms with Gasteiger partial charge >= 0.3 is 0 Å². The van der Waals surface area contributed by atoms with Crippen molar-refractivity contribution in [3.8, 4) is 0 Å². The van der Waals surface area contributed by atoms with Crippen molar-refractivity contribution in [1.82, 2.24) is 0 Å². The van der Waals surface area contributed by atoms with E-state index in [2.05, 4.69) is 0 Å². The van der Waals surface area contributed by atoms with Crippen molar-refractivity contribution in [2.45, 2.75) is 0 Å². The van der Waals surface area contributed by atoms with Crippen molar-refractivity contribution in [2.75, 3.05) is 0 Å². The van der Waals surface area contributed by atoms with Crippen LogP contribution in [0.5, 0.6) is 0 Å². The molecule has 0 spiro atoms. The Morgan fingerprint density at radius 3 is 1.73 bits per heavy atom. The van der Waals surface area contributed by atoms with Crippen LogP contribution in [0.4, 0.5) is 13.2 Å². The molecule has 0 aliphatic heterocycles. The van der Waals surface area contributed by atoms with Crippen molar-refractivity contribution in [2.24, 2.45) is 0 Å². The van der Waals surface area contributed by atoms with Gasteiger partial charge in [-0.1, -0.05) is 0 Å². The van der Waals surface area contributed by atoms with Gasteiger partial charge < -0.3 is 0 Å². The molecule has 1 rings (SSSR count). The van der Waals surface area contributed by atoms with Crippen LogP contribution in [0.15, 0.2) is 12.1 Å². The molecule has 0 heterocycles. The average Bonchev–Trinajstić information content (AvgIpc) is 1.82. The predicted octanol–water partition coefficient (Wildman–Crippen LogP) is 2.77. The van der Waals surface area contributed by atoms with Gasteiger partial charge in [0.15, 0.2) is 0 Å². The van der Waals surface area contributed by atoms with E-state index in [-0.39, 0.29) is 13.5 Å². The third-order valence-corrected chi connectivity index (χ3v) is 1.98. The first-order valence-electron chi connectivity index (χ1n) is 2.41. The summed E-state index contributed by atoms with van der Waals surface area (Å²) < 4.78 is 36.6. The van der Waals surface area contributed by atoms with Crippen LogP contribution in [0.3, 0.4) is 0 Å². The lowest BCUT2D eigenvalue weighted by Gasteiger charge is -1.94. The van der Waals surface area contributed by atoms with Crippen LogP contribution in [0.1, 0.15) is 0 Å². The fourth-order valence-electron chi connectivity index (χ4n) is 0.525. The Morgan fingerprint density at radius 1 is 1.00 bits per heavy atom. The summed E-state index contributed by atoms with van der Waals surface area (Å²) in [6.45, 7) is 0. The van der Waals surface area contributed by atoms with Gasteiger partial charge in [-0.25, -0.2) is 13.2 Å². The predicted molar refractivity (Wildman–Crippen MR) is 50.1 cm³/mol. The summed E-state index contributed by atoms with van der Waals surface area (Å²) in [4.78, 5) is 0. The van der Waals surface area contributed by atoms with Crippen molar-refractivity contribution in [1.29, 1.82) is 0 Å². The van der Waals surface area contributed by atoms with Gasteiger partial charge in [-0.05, 0) is 22.6 Å². The Balaban J connectivity index is 0.000001000. The summed E-state index contributed by atoms with van der Waals surface area (Å²) >= 11 is 1.47. The summed E-state index contributed by atoms with van der Waals surface area (Å²) in [5, 5.41) is 0. The van der Waals surface area contributed by atoms with Gasteiger partial charge in [0.2, 0.25) is 0 Å². The molecule has 0 bridgehead atoms. The smallest absolute Gasteiger partial charge is 0.142 e. The van der Waals surface area contributed by atoms with E-state index < -0.39 is 17.5 Å². The van der Waals surface area contributed by atoms with Gasteiger partial charge in [0, 0.05) is 12.1 Å². The molecular formula is C6H5F3IP. The average molecular weight is 292 g/mol. The summed E-state index contributed by atoms with van der Waals surface area (Å²) in [5.41, 5.74) is 0. The quantitative estimate of drug-likeness (QED) is 0.298. The first-order chi connectivity index (χ1) is 4.61. The molecule has 1 unspecified atom stereocenters. The minimum atomic E-state index is -0.893. The highest BCUT2D eigenvalue weighted by Crippen LogP contribution is 2.15. The maximum Gasteiger partial charge on any atom is 0.142 e. The largest absolute Gasteiger partial charge is 0.207 e. The lowest BCUT2D eigenvalue weighted by molar-refractivity contribution is 0.534. The minimum Gasteiger partial charge on any atom is -0.207 e. The normalized spacial score (nSPS) is 9.09. The second-order valence-corrected chi connectivity index (χ2v) is 2.76. The molecule has 0 aromatic heterocycles. The molecule has 0 N–H and O–H groups in total. The lowest BCUT2D eigenvalue weighted by Crippen LogP contribution is -1.89. The van der Waals surface area contributed by atoms with Crippen molar-refractivity contribution < 1.29 is 13.2 Å². The minimum absolute atomic E-state index is 0. The molecule has 0 amide bonds. The van der Waals surface area contributed by atoms with Crippen LogP contribution in [0.25, 0.3) is 0 Å². The second kappa shape index (κ2) is 4.26. The fraction of sp³-hybridized carbons (Fsp3) is 0. The molecular weight excluding hydrogens is 287 g/mol. The van der Waals surface area contributed by atoms with Crippen LogP contribution in [-0.2, 0) is 0 Å². The summed E-state index contributed by atoms with van der Waals surface area (Å²) in [5.74, 6) is -2.62. The first kappa shape index (κ1) is 11.2. The van der Waals surface area contributed by atoms with Crippen LogP contribution < -0.4 is 0 Å². The van der Waals surface area contributed by atoms with Gasteiger partial charge in [0.25, 0.3) is 0 Å². The van der Waals surface area contributed by atoms with Crippen molar-refractivity contribution in [3.63, 3.8) is 0 Å². The maximum absolute atomic E-state index is 12.4. The maximum atomic E-state index is 12.4. The molecule has 5 heteroatoms.